The Bertz CT molecular complexity index is 714. The molecule has 0 radical (unpaired) electrons. The zero-order valence-corrected chi connectivity index (χ0v) is 13.1. The van der Waals surface area contributed by atoms with Crippen molar-refractivity contribution >= 4 is 22.8 Å². The van der Waals surface area contributed by atoms with Crippen LogP contribution in [0.3, 0.4) is 0 Å². The van der Waals surface area contributed by atoms with Crippen LogP contribution in [0, 0.1) is 0 Å². The van der Waals surface area contributed by atoms with Crippen LogP contribution in [0.4, 0.5) is 0 Å². The highest BCUT2D eigenvalue weighted by molar-refractivity contribution is 5.88. The number of aromatic nitrogens is 1. The quantitative estimate of drug-likeness (QED) is 0.793. The number of carboxylic acids is 1. The standard InChI is InChI=1S/C18H22N2O3/c21-16(20-18(17(22)23)10-4-1-5-11-18)9-8-13-12-19-15-7-3-2-6-14(13)15/h2-3,6-7,12,19H,1,4-5,8-11H2,(H,20,21)(H,22,23). The number of nitrogens with one attached hydrogen (secondary N) is 2. The number of para-hydroxylation sites is 1. The zero-order chi connectivity index (χ0) is 16.3. The van der Waals surface area contributed by atoms with Crippen molar-refractivity contribution in [2.75, 3.05) is 0 Å². The van der Waals surface area contributed by atoms with Gasteiger partial charge < -0.3 is 15.4 Å². The second-order valence-electron chi connectivity index (χ2n) is 6.36. The molecule has 1 aliphatic carbocycles. The molecule has 0 aliphatic heterocycles. The van der Waals surface area contributed by atoms with Crippen molar-refractivity contribution in [3.8, 4) is 0 Å². The summed E-state index contributed by atoms with van der Waals surface area (Å²) in [5.74, 6) is -1.09. The van der Waals surface area contributed by atoms with Gasteiger partial charge in [-0.05, 0) is 30.9 Å². The lowest BCUT2D eigenvalue weighted by molar-refractivity contribution is -0.149. The van der Waals surface area contributed by atoms with Crippen LogP contribution in [0.2, 0.25) is 0 Å². The van der Waals surface area contributed by atoms with Crippen LogP contribution in [-0.4, -0.2) is 27.5 Å². The maximum absolute atomic E-state index is 12.3. The Balaban J connectivity index is 1.64. The highest BCUT2D eigenvalue weighted by Crippen LogP contribution is 2.28. The number of carbonyl (C=O) groups excluding carboxylic acids is 1. The summed E-state index contributed by atoms with van der Waals surface area (Å²) in [5, 5.41) is 13.4. The van der Waals surface area contributed by atoms with Crippen LogP contribution >= 0.6 is 0 Å². The molecule has 0 saturated heterocycles. The van der Waals surface area contributed by atoms with E-state index in [4.69, 9.17) is 0 Å². The first-order chi connectivity index (χ1) is 11.1. The average molecular weight is 314 g/mol. The predicted molar refractivity (Wildman–Crippen MR) is 88.2 cm³/mol. The minimum absolute atomic E-state index is 0.181. The molecule has 3 N–H and O–H groups in total. The predicted octanol–water partition coefficient (Wildman–Crippen LogP) is 3.00. The second-order valence-corrected chi connectivity index (χ2v) is 6.36. The van der Waals surface area contributed by atoms with Gasteiger partial charge in [-0.25, -0.2) is 4.79 Å². The summed E-state index contributed by atoms with van der Waals surface area (Å²) in [4.78, 5) is 27.1. The molecule has 0 spiro atoms. The molecule has 1 heterocycles. The number of hydrogen-bond donors (Lipinski definition) is 3. The highest BCUT2D eigenvalue weighted by Gasteiger charge is 2.40. The smallest absolute Gasteiger partial charge is 0.329 e. The zero-order valence-electron chi connectivity index (χ0n) is 13.1. The third kappa shape index (κ3) is 3.23. The van der Waals surface area contributed by atoms with Gasteiger partial charge in [0.1, 0.15) is 5.54 Å². The van der Waals surface area contributed by atoms with Gasteiger partial charge in [-0.15, -0.1) is 0 Å². The summed E-state index contributed by atoms with van der Waals surface area (Å²) in [6.07, 6.45) is 6.64. The number of aryl methyl sites for hydroxylation is 1. The van der Waals surface area contributed by atoms with Gasteiger partial charge in [-0.2, -0.15) is 0 Å². The summed E-state index contributed by atoms with van der Waals surface area (Å²) < 4.78 is 0. The molecule has 0 unspecified atom stereocenters. The van der Waals surface area contributed by atoms with Crippen LogP contribution in [-0.2, 0) is 16.0 Å². The number of aliphatic carboxylic acids is 1. The van der Waals surface area contributed by atoms with Crippen LogP contribution in [0.1, 0.15) is 44.1 Å². The van der Waals surface area contributed by atoms with E-state index in [9.17, 15) is 14.7 Å². The van der Waals surface area contributed by atoms with Gasteiger partial charge in [-0.1, -0.05) is 37.5 Å². The Morgan fingerprint density at radius 2 is 1.91 bits per heavy atom. The van der Waals surface area contributed by atoms with Crippen molar-refractivity contribution in [1.82, 2.24) is 10.3 Å². The molecule has 1 aromatic heterocycles. The Labute approximate surface area is 135 Å². The number of rotatable bonds is 5. The van der Waals surface area contributed by atoms with Gasteiger partial charge >= 0.3 is 5.97 Å². The van der Waals surface area contributed by atoms with E-state index in [2.05, 4.69) is 10.3 Å². The fraction of sp³-hybridized carbons (Fsp3) is 0.444. The molecule has 3 rings (SSSR count). The fourth-order valence-electron chi connectivity index (χ4n) is 3.46. The van der Waals surface area contributed by atoms with Crippen molar-refractivity contribution in [2.45, 2.75) is 50.5 Å². The molecule has 0 bridgehead atoms. The summed E-state index contributed by atoms with van der Waals surface area (Å²) in [5.41, 5.74) is 1.08. The van der Waals surface area contributed by atoms with E-state index in [1.807, 2.05) is 30.5 Å². The number of H-pyrrole nitrogens is 1. The van der Waals surface area contributed by atoms with Crippen molar-refractivity contribution in [1.29, 1.82) is 0 Å². The van der Waals surface area contributed by atoms with Crippen molar-refractivity contribution < 1.29 is 14.7 Å². The molecule has 5 heteroatoms. The van der Waals surface area contributed by atoms with E-state index in [0.717, 1.165) is 35.7 Å². The molecule has 2 aromatic rings. The number of amides is 1. The van der Waals surface area contributed by atoms with Crippen molar-refractivity contribution in [2.24, 2.45) is 0 Å². The van der Waals surface area contributed by atoms with Gasteiger partial charge in [0.25, 0.3) is 0 Å². The molecule has 0 atom stereocenters. The van der Waals surface area contributed by atoms with Crippen molar-refractivity contribution in [3.05, 3.63) is 36.0 Å². The van der Waals surface area contributed by atoms with Gasteiger partial charge in [0, 0.05) is 23.5 Å². The summed E-state index contributed by atoms with van der Waals surface area (Å²) in [7, 11) is 0. The Morgan fingerprint density at radius 3 is 2.65 bits per heavy atom. The molecular formula is C18H22N2O3. The summed E-state index contributed by atoms with van der Waals surface area (Å²) in [6, 6.07) is 7.97. The molecule has 5 nitrogen and oxygen atoms in total. The first kappa shape index (κ1) is 15.6. The van der Waals surface area contributed by atoms with E-state index in [-0.39, 0.29) is 5.91 Å². The number of benzene rings is 1. The first-order valence-corrected chi connectivity index (χ1v) is 8.20. The number of hydrogen-bond acceptors (Lipinski definition) is 2. The molecule has 1 amide bonds. The molecule has 23 heavy (non-hydrogen) atoms. The lowest BCUT2D eigenvalue weighted by Crippen LogP contribution is -2.55. The Kier molecular flexibility index (Phi) is 4.37. The van der Waals surface area contributed by atoms with E-state index >= 15 is 0 Å². The first-order valence-electron chi connectivity index (χ1n) is 8.20. The normalized spacial score (nSPS) is 17.0. The molecule has 1 aliphatic rings. The summed E-state index contributed by atoms with van der Waals surface area (Å²) in [6.45, 7) is 0. The average Bonchev–Trinajstić information content (AvgIpc) is 2.97. The van der Waals surface area contributed by atoms with Gasteiger partial charge in [0.05, 0.1) is 0 Å². The largest absolute Gasteiger partial charge is 0.480 e. The minimum Gasteiger partial charge on any atom is -0.480 e. The molecule has 1 saturated carbocycles. The van der Waals surface area contributed by atoms with Crippen molar-refractivity contribution in [3.63, 3.8) is 0 Å². The van der Waals surface area contributed by atoms with Crippen LogP contribution in [0.25, 0.3) is 10.9 Å². The van der Waals surface area contributed by atoms with E-state index in [0.29, 0.717) is 25.7 Å². The third-order valence-electron chi connectivity index (χ3n) is 4.79. The maximum Gasteiger partial charge on any atom is 0.329 e. The van der Waals surface area contributed by atoms with Gasteiger partial charge in [0.15, 0.2) is 0 Å². The van der Waals surface area contributed by atoms with Gasteiger partial charge in [0.2, 0.25) is 5.91 Å². The molecule has 1 fully saturated rings. The molecular weight excluding hydrogens is 292 g/mol. The van der Waals surface area contributed by atoms with Crippen LogP contribution < -0.4 is 5.32 Å². The third-order valence-corrected chi connectivity index (χ3v) is 4.79. The Hall–Kier alpha value is -2.30. The van der Waals surface area contributed by atoms with Gasteiger partial charge in [-0.3, -0.25) is 4.79 Å². The molecule has 1 aromatic carbocycles. The number of carbonyl (C=O) groups is 2. The lowest BCUT2D eigenvalue weighted by atomic mass is 9.81. The number of aromatic amines is 1. The monoisotopic (exact) mass is 314 g/mol. The minimum atomic E-state index is -1.06. The van der Waals surface area contributed by atoms with Crippen LogP contribution in [0.5, 0.6) is 0 Å². The Morgan fingerprint density at radius 1 is 1.17 bits per heavy atom. The fourth-order valence-corrected chi connectivity index (χ4v) is 3.46. The van der Waals surface area contributed by atoms with E-state index in [1.54, 1.807) is 0 Å². The maximum atomic E-state index is 12.3. The lowest BCUT2D eigenvalue weighted by Gasteiger charge is -2.34. The van der Waals surface area contributed by atoms with E-state index < -0.39 is 11.5 Å². The number of fused-ring (bicyclic) bond motifs is 1. The highest BCUT2D eigenvalue weighted by atomic mass is 16.4. The van der Waals surface area contributed by atoms with E-state index in [1.165, 1.54) is 0 Å². The van der Waals surface area contributed by atoms with Crippen LogP contribution in [0.15, 0.2) is 30.5 Å². The second kappa shape index (κ2) is 6.44. The SMILES string of the molecule is O=C(CCc1c[nH]c2ccccc12)NC1(C(=O)O)CCCCC1. The molecule has 122 valence electrons. The summed E-state index contributed by atoms with van der Waals surface area (Å²) >= 11 is 0. The topological polar surface area (TPSA) is 82.2 Å². The number of carboxylic acid groups (broad SMARTS) is 1.